The molecule has 0 bridgehead atoms. The van der Waals surface area contributed by atoms with Gasteiger partial charge in [0.2, 0.25) is 0 Å². The Morgan fingerprint density at radius 3 is 1.96 bits per heavy atom. The Balaban J connectivity index is 1.62. The van der Waals surface area contributed by atoms with E-state index in [2.05, 4.69) is 41.8 Å². The van der Waals surface area contributed by atoms with Gasteiger partial charge < -0.3 is 10.1 Å². The standard InChI is InChI=1S/C24H26N2O2/c1-19(22-15-9-4-10-16-22)25-23(17-20-11-5-2-6-12-20)26-24(27)28-18-21-13-7-3-8-14-21/h2-16,19,23,25H,17-18H2,1H3,(H,26,27)/t19-,23-/m1/s1. The second-order valence-corrected chi connectivity index (χ2v) is 6.75. The number of hydrogen-bond acceptors (Lipinski definition) is 3. The number of benzene rings is 3. The molecule has 2 atom stereocenters. The van der Waals surface area contributed by atoms with E-state index < -0.39 is 6.09 Å². The first-order chi connectivity index (χ1) is 13.7. The number of nitrogens with one attached hydrogen (secondary N) is 2. The maximum Gasteiger partial charge on any atom is 0.408 e. The van der Waals surface area contributed by atoms with Crippen LogP contribution in [-0.4, -0.2) is 12.3 Å². The highest BCUT2D eigenvalue weighted by molar-refractivity contribution is 5.67. The molecule has 4 heteroatoms. The third-order valence-corrected chi connectivity index (χ3v) is 4.54. The van der Waals surface area contributed by atoms with Gasteiger partial charge in [0, 0.05) is 12.5 Å². The Kier molecular flexibility index (Phi) is 7.21. The van der Waals surface area contributed by atoms with Gasteiger partial charge in [0.15, 0.2) is 0 Å². The number of carbonyl (C=O) groups is 1. The van der Waals surface area contributed by atoms with Crippen LogP contribution in [0.3, 0.4) is 0 Å². The maximum absolute atomic E-state index is 12.4. The first-order valence-corrected chi connectivity index (χ1v) is 9.53. The molecule has 0 saturated carbocycles. The van der Waals surface area contributed by atoms with Crippen molar-refractivity contribution >= 4 is 6.09 Å². The minimum absolute atomic E-state index is 0.0873. The lowest BCUT2D eigenvalue weighted by atomic mass is 10.1. The van der Waals surface area contributed by atoms with Crippen LogP contribution in [0.15, 0.2) is 91.0 Å². The fourth-order valence-electron chi connectivity index (χ4n) is 3.05. The van der Waals surface area contributed by atoms with Crippen LogP contribution in [0, 0.1) is 0 Å². The topological polar surface area (TPSA) is 50.4 Å². The van der Waals surface area contributed by atoms with E-state index >= 15 is 0 Å². The van der Waals surface area contributed by atoms with Crippen molar-refractivity contribution in [3.8, 4) is 0 Å². The molecular formula is C24H26N2O2. The molecule has 0 aliphatic heterocycles. The van der Waals surface area contributed by atoms with Crippen LogP contribution in [-0.2, 0) is 17.8 Å². The van der Waals surface area contributed by atoms with Gasteiger partial charge >= 0.3 is 6.09 Å². The summed E-state index contributed by atoms with van der Waals surface area (Å²) < 4.78 is 5.39. The van der Waals surface area contributed by atoms with Crippen molar-refractivity contribution in [2.24, 2.45) is 0 Å². The van der Waals surface area contributed by atoms with Crippen molar-refractivity contribution in [3.05, 3.63) is 108 Å². The molecule has 0 aromatic heterocycles. The molecule has 0 unspecified atom stereocenters. The van der Waals surface area contributed by atoms with Crippen molar-refractivity contribution in [1.82, 2.24) is 10.6 Å². The summed E-state index contributed by atoms with van der Waals surface area (Å²) in [6.45, 7) is 2.34. The molecule has 3 aromatic carbocycles. The highest BCUT2D eigenvalue weighted by Crippen LogP contribution is 2.13. The van der Waals surface area contributed by atoms with E-state index in [0.717, 1.165) is 11.1 Å². The molecule has 0 radical (unpaired) electrons. The average molecular weight is 374 g/mol. The van der Waals surface area contributed by atoms with Gasteiger partial charge in [-0.1, -0.05) is 91.0 Å². The fraction of sp³-hybridized carbons (Fsp3) is 0.208. The Bertz CT molecular complexity index is 838. The molecule has 2 N–H and O–H groups in total. The van der Waals surface area contributed by atoms with Crippen LogP contribution in [0.25, 0.3) is 0 Å². The first-order valence-electron chi connectivity index (χ1n) is 9.53. The second-order valence-electron chi connectivity index (χ2n) is 6.75. The van der Waals surface area contributed by atoms with Crippen LogP contribution in [0.4, 0.5) is 4.79 Å². The van der Waals surface area contributed by atoms with E-state index in [0.29, 0.717) is 6.42 Å². The summed E-state index contributed by atoms with van der Waals surface area (Å²) in [5.41, 5.74) is 3.27. The zero-order chi connectivity index (χ0) is 19.6. The lowest BCUT2D eigenvalue weighted by molar-refractivity contribution is 0.132. The van der Waals surface area contributed by atoms with Crippen LogP contribution in [0.2, 0.25) is 0 Å². The monoisotopic (exact) mass is 374 g/mol. The van der Waals surface area contributed by atoms with Crippen molar-refractivity contribution in [3.63, 3.8) is 0 Å². The van der Waals surface area contributed by atoms with Gasteiger partial charge in [-0.25, -0.2) is 4.79 Å². The lowest BCUT2D eigenvalue weighted by Crippen LogP contribution is -2.47. The minimum atomic E-state index is -0.433. The molecule has 0 fully saturated rings. The second kappa shape index (κ2) is 10.3. The molecule has 0 saturated heterocycles. The smallest absolute Gasteiger partial charge is 0.408 e. The predicted molar refractivity (Wildman–Crippen MR) is 112 cm³/mol. The molecule has 3 aromatic rings. The van der Waals surface area contributed by atoms with Crippen LogP contribution in [0.1, 0.15) is 29.7 Å². The first kappa shape index (κ1) is 19.6. The van der Waals surface area contributed by atoms with E-state index in [-0.39, 0.29) is 18.8 Å². The highest BCUT2D eigenvalue weighted by atomic mass is 16.5. The van der Waals surface area contributed by atoms with Crippen molar-refractivity contribution < 1.29 is 9.53 Å². The van der Waals surface area contributed by atoms with Gasteiger partial charge in [-0.3, -0.25) is 5.32 Å². The normalized spacial score (nSPS) is 12.8. The third-order valence-electron chi connectivity index (χ3n) is 4.54. The van der Waals surface area contributed by atoms with Gasteiger partial charge in [-0.15, -0.1) is 0 Å². The lowest BCUT2D eigenvalue weighted by Gasteiger charge is -2.24. The molecule has 0 heterocycles. The van der Waals surface area contributed by atoms with E-state index in [4.69, 9.17) is 4.74 Å². The molecule has 1 amide bonds. The largest absolute Gasteiger partial charge is 0.445 e. The van der Waals surface area contributed by atoms with Gasteiger partial charge in [0.25, 0.3) is 0 Å². The molecular weight excluding hydrogens is 348 g/mol. The molecule has 0 aliphatic rings. The van der Waals surface area contributed by atoms with Gasteiger partial charge in [-0.05, 0) is 23.6 Å². The van der Waals surface area contributed by atoms with Crippen LogP contribution < -0.4 is 10.6 Å². The average Bonchev–Trinajstić information content (AvgIpc) is 2.74. The summed E-state index contributed by atoms with van der Waals surface area (Å²) in [4.78, 5) is 12.4. The van der Waals surface area contributed by atoms with E-state index in [9.17, 15) is 4.79 Å². The highest BCUT2D eigenvalue weighted by Gasteiger charge is 2.17. The Hall–Kier alpha value is -3.11. The third kappa shape index (κ3) is 6.25. The van der Waals surface area contributed by atoms with Gasteiger partial charge in [-0.2, -0.15) is 0 Å². The number of hydrogen-bond donors (Lipinski definition) is 2. The predicted octanol–water partition coefficient (Wildman–Crippen LogP) is 4.83. The number of ether oxygens (including phenoxy) is 1. The van der Waals surface area contributed by atoms with Crippen molar-refractivity contribution in [1.29, 1.82) is 0 Å². The Morgan fingerprint density at radius 2 is 1.36 bits per heavy atom. The van der Waals surface area contributed by atoms with E-state index in [1.165, 1.54) is 5.56 Å². The zero-order valence-corrected chi connectivity index (χ0v) is 16.0. The fourth-order valence-corrected chi connectivity index (χ4v) is 3.05. The summed E-state index contributed by atoms with van der Waals surface area (Å²) in [5.74, 6) is 0. The Morgan fingerprint density at radius 1 is 0.821 bits per heavy atom. The summed E-state index contributed by atoms with van der Waals surface area (Å²) in [6.07, 6.45) is -0.0169. The number of alkyl carbamates (subject to hydrolysis) is 1. The summed E-state index contributed by atoms with van der Waals surface area (Å²) >= 11 is 0. The number of carbonyl (C=O) groups excluding carboxylic acids is 1. The van der Waals surface area contributed by atoms with Crippen LogP contribution >= 0.6 is 0 Å². The van der Waals surface area contributed by atoms with Crippen LogP contribution in [0.5, 0.6) is 0 Å². The van der Waals surface area contributed by atoms with Crippen molar-refractivity contribution in [2.75, 3.05) is 0 Å². The molecule has 144 valence electrons. The SMILES string of the molecule is C[C@@H](N[C@@H](Cc1ccccc1)NC(=O)OCc1ccccc1)c1ccccc1. The summed E-state index contributed by atoms with van der Waals surface area (Å²) in [5, 5.41) is 6.46. The number of amides is 1. The van der Waals surface area contributed by atoms with Gasteiger partial charge in [0.1, 0.15) is 6.61 Å². The maximum atomic E-state index is 12.4. The summed E-state index contributed by atoms with van der Waals surface area (Å²) in [6, 6.07) is 30.0. The van der Waals surface area contributed by atoms with E-state index in [1.807, 2.05) is 66.7 Å². The van der Waals surface area contributed by atoms with Crippen molar-refractivity contribution in [2.45, 2.75) is 32.2 Å². The molecule has 0 spiro atoms. The zero-order valence-electron chi connectivity index (χ0n) is 16.0. The number of rotatable bonds is 8. The molecule has 28 heavy (non-hydrogen) atoms. The quantitative estimate of drug-likeness (QED) is 0.555. The Labute approximate surface area is 166 Å². The van der Waals surface area contributed by atoms with Gasteiger partial charge in [0.05, 0.1) is 6.17 Å². The minimum Gasteiger partial charge on any atom is -0.445 e. The van der Waals surface area contributed by atoms with E-state index in [1.54, 1.807) is 0 Å². The molecule has 3 rings (SSSR count). The summed E-state index contributed by atoms with van der Waals surface area (Å²) in [7, 11) is 0. The molecule has 4 nitrogen and oxygen atoms in total. The molecule has 0 aliphatic carbocycles.